The van der Waals surface area contributed by atoms with Gasteiger partial charge in [-0.15, -0.1) is 0 Å². The average molecular weight is 664 g/mol. The van der Waals surface area contributed by atoms with Crippen molar-refractivity contribution in [2.75, 3.05) is 6.61 Å². The zero-order chi connectivity index (χ0) is 30.2. The molecule has 0 unspecified atom stereocenters. The van der Waals surface area contributed by atoms with Crippen LogP contribution in [0.1, 0.15) is 43.5 Å². The number of amides is 1. The molecular weight excluding hydrogens is 632 g/mol. The lowest BCUT2D eigenvalue weighted by molar-refractivity contribution is 0.0488. The molecule has 1 amide bonds. The number of alkyl carbamates (subject to hydrolysis) is 1. The second-order valence-corrected chi connectivity index (χ2v) is 15.0. The highest BCUT2D eigenvalue weighted by atomic mass is 79.9. The number of hydrogen-bond acceptors (Lipinski definition) is 7. The molecule has 1 aromatic heterocycles. The Bertz CT molecular complexity index is 1790. The van der Waals surface area contributed by atoms with Crippen molar-refractivity contribution in [3.8, 4) is 0 Å². The first-order valence-electron chi connectivity index (χ1n) is 12.7. The van der Waals surface area contributed by atoms with Crippen LogP contribution < -0.4 is 5.32 Å². The van der Waals surface area contributed by atoms with Crippen molar-refractivity contribution in [2.45, 2.75) is 56.1 Å². The second-order valence-electron chi connectivity index (χ2n) is 10.6. The minimum atomic E-state index is -4.20. The normalized spacial score (nSPS) is 13.2. The summed E-state index contributed by atoms with van der Waals surface area (Å²) in [5, 5.41) is 3.14. The Morgan fingerprint density at radius 3 is 2.02 bits per heavy atom. The minimum Gasteiger partial charge on any atom is -0.444 e. The van der Waals surface area contributed by atoms with Crippen LogP contribution in [0.15, 0.2) is 87.2 Å². The first kappa shape index (κ1) is 30.8. The van der Waals surface area contributed by atoms with Gasteiger partial charge in [-0.2, -0.15) is 8.42 Å². The van der Waals surface area contributed by atoms with Gasteiger partial charge in [0.1, 0.15) is 5.60 Å². The number of halogens is 1. The Morgan fingerprint density at radius 1 is 0.902 bits per heavy atom. The van der Waals surface area contributed by atoms with Gasteiger partial charge in [-0.05, 0) is 71.0 Å². The van der Waals surface area contributed by atoms with Gasteiger partial charge in [0.25, 0.3) is 20.1 Å². The van der Waals surface area contributed by atoms with Crippen LogP contribution in [0.5, 0.6) is 0 Å². The predicted octanol–water partition coefficient (Wildman–Crippen LogP) is 6.23. The first-order chi connectivity index (χ1) is 19.1. The van der Waals surface area contributed by atoms with Crippen molar-refractivity contribution < 1.29 is 30.6 Å². The summed E-state index contributed by atoms with van der Waals surface area (Å²) in [7, 11) is -8.27. The molecular formula is C29H31BrN2O7S2. The number of fused-ring (bicyclic) bond motifs is 1. The predicted molar refractivity (Wildman–Crippen MR) is 160 cm³/mol. The lowest BCUT2D eigenvalue weighted by atomic mass is 10.1. The molecule has 4 rings (SSSR count). The van der Waals surface area contributed by atoms with Crippen molar-refractivity contribution in [1.29, 1.82) is 0 Å². The highest BCUT2D eigenvalue weighted by Gasteiger charge is 2.29. The summed E-state index contributed by atoms with van der Waals surface area (Å²) in [6.45, 7) is 8.24. The van der Waals surface area contributed by atoms with Crippen LogP contribution in [0.2, 0.25) is 0 Å². The molecule has 1 atom stereocenters. The molecule has 0 spiro atoms. The summed E-state index contributed by atoms with van der Waals surface area (Å²) in [6.07, 6.45) is 0.550. The van der Waals surface area contributed by atoms with Gasteiger partial charge in [0.05, 0.1) is 28.0 Å². The Balaban J connectivity index is 1.81. The summed E-state index contributed by atoms with van der Waals surface area (Å²) in [6, 6.07) is 16.5. The number of hydrogen-bond donors (Lipinski definition) is 1. The number of nitrogens with zero attached hydrogens (tertiary/aromatic N) is 1. The lowest BCUT2D eigenvalue weighted by Crippen LogP contribution is -2.37. The molecule has 4 aromatic rings. The molecule has 0 aliphatic carbocycles. The molecule has 41 heavy (non-hydrogen) atoms. The number of benzene rings is 3. The van der Waals surface area contributed by atoms with Gasteiger partial charge in [0.2, 0.25) is 0 Å². The van der Waals surface area contributed by atoms with Gasteiger partial charge in [-0.1, -0.05) is 57.4 Å². The van der Waals surface area contributed by atoms with Gasteiger partial charge < -0.3 is 10.1 Å². The van der Waals surface area contributed by atoms with Crippen LogP contribution in [0.25, 0.3) is 10.9 Å². The molecule has 0 aliphatic rings. The molecule has 0 saturated heterocycles. The minimum absolute atomic E-state index is 0.0487. The Hall–Kier alpha value is -3.19. The number of aryl methyl sites for hydroxylation is 2. The zero-order valence-electron chi connectivity index (χ0n) is 23.2. The third-order valence-corrected chi connectivity index (χ3v) is 9.59. The summed E-state index contributed by atoms with van der Waals surface area (Å²) in [4.78, 5) is 12.9. The van der Waals surface area contributed by atoms with Gasteiger partial charge in [0, 0.05) is 21.6 Å². The van der Waals surface area contributed by atoms with Gasteiger partial charge in [-0.25, -0.2) is 17.2 Å². The Kier molecular flexibility index (Phi) is 8.70. The molecule has 1 N–H and O–H groups in total. The molecule has 0 saturated carbocycles. The first-order valence-corrected chi connectivity index (χ1v) is 16.3. The Labute approximate surface area is 248 Å². The van der Waals surface area contributed by atoms with E-state index in [0.717, 1.165) is 15.1 Å². The van der Waals surface area contributed by atoms with Gasteiger partial charge >= 0.3 is 6.09 Å². The molecule has 218 valence electrons. The zero-order valence-corrected chi connectivity index (χ0v) is 26.4. The van der Waals surface area contributed by atoms with Crippen LogP contribution in [-0.4, -0.2) is 39.1 Å². The molecule has 3 aromatic carbocycles. The van der Waals surface area contributed by atoms with E-state index >= 15 is 0 Å². The summed E-state index contributed by atoms with van der Waals surface area (Å²) >= 11 is 3.40. The number of carbonyl (C=O) groups excluding carboxylic acids is 1. The van der Waals surface area contributed by atoms with Crippen molar-refractivity contribution in [1.82, 2.24) is 9.29 Å². The van der Waals surface area contributed by atoms with Crippen molar-refractivity contribution in [3.63, 3.8) is 0 Å². The molecule has 12 heteroatoms. The van der Waals surface area contributed by atoms with E-state index in [9.17, 15) is 21.6 Å². The molecule has 0 fully saturated rings. The number of aromatic nitrogens is 1. The average Bonchev–Trinajstić information content (AvgIpc) is 3.25. The smallest absolute Gasteiger partial charge is 0.408 e. The SMILES string of the molecule is Cc1ccc(S(=O)(=O)OC[C@H](NC(=O)OC(C)(C)C)c2cn(S(=O)(=O)c3ccc(C)cc3)c3cc(Br)ccc23)cc1. The third-order valence-electron chi connectivity index (χ3n) is 6.11. The molecule has 9 nitrogen and oxygen atoms in total. The van der Waals surface area contributed by atoms with Crippen LogP contribution >= 0.6 is 15.9 Å². The molecule has 0 aliphatic heterocycles. The van der Waals surface area contributed by atoms with E-state index in [-0.39, 0.29) is 9.79 Å². The maximum atomic E-state index is 13.8. The topological polar surface area (TPSA) is 121 Å². The molecule has 1 heterocycles. The largest absolute Gasteiger partial charge is 0.444 e. The number of nitrogens with one attached hydrogen (secondary N) is 1. The summed E-state index contributed by atoms with van der Waals surface area (Å²) in [5.41, 5.74) is 1.60. The van der Waals surface area contributed by atoms with E-state index < -0.39 is 44.5 Å². The second kappa shape index (κ2) is 11.6. The fourth-order valence-electron chi connectivity index (χ4n) is 4.09. The van der Waals surface area contributed by atoms with E-state index in [0.29, 0.717) is 20.9 Å². The number of ether oxygens (including phenoxy) is 1. The Morgan fingerprint density at radius 2 is 1.46 bits per heavy atom. The highest BCUT2D eigenvalue weighted by molar-refractivity contribution is 9.10. The maximum Gasteiger partial charge on any atom is 0.408 e. The number of carbonyl (C=O) groups is 1. The van der Waals surface area contributed by atoms with Crippen molar-refractivity contribution in [2.24, 2.45) is 0 Å². The quantitative estimate of drug-likeness (QED) is 0.222. The van der Waals surface area contributed by atoms with E-state index in [4.69, 9.17) is 8.92 Å². The van der Waals surface area contributed by atoms with E-state index in [1.807, 2.05) is 13.8 Å². The van der Waals surface area contributed by atoms with Crippen molar-refractivity contribution >= 4 is 53.1 Å². The lowest BCUT2D eigenvalue weighted by Gasteiger charge is -2.23. The van der Waals surface area contributed by atoms with Crippen LogP contribution in [-0.2, 0) is 29.1 Å². The molecule has 0 radical (unpaired) electrons. The molecule has 0 bridgehead atoms. The maximum absolute atomic E-state index is 13.8. The van der Waals surface area contributed by atoms with Crippen LogP contribution in [0.4, 0.5) is 4.79 Å². The van der Waals surface area contributed by atoms with Gasteiger partial charge in [0.15, 0.2) is 0 Å². The summed E-state index contributed by atoms with van der Waals surface area (Å²) < 4.78 is 66.1. The van der Waals surface area contributed by atoms with E-state index in [2.05, 4.69) is 21.2 Å². The van der Waals surface area contributed by atoms with Crippen LogP contribution in [0, 0.1) is 13.8 Å². The fourth-order valence-corrected chi connectivity index (χ4v) is 6.73. The van der Waals surface area contributed by atoms with Crippen molar-refractivity contribution in [3.05, 3.63) is 94.1 Å². The van der Waals surface area contributed by atoms with E-state index in [1.165, 1.54) is 30.5 Å². The third kappa shape index (κ3) is 7.18. The summed E-state index contributed by atoms with van der Waals surface area (Å²) in [5.74, 6) is 0. The van der Waals surface area contributed by atoms with Gasteiger partial charge in [-0.3, -0.25) is 4.18 Å². The monoisotopic (exact) mass is 662 g/mol. The number of rotatable bonds is 8. The van der Waals surface area contributed by atoms with Crippen LogP contribution in [0.3, 0.4) is 0 Å². The van der Waals surface area contributed by atoms with E-state index in [1.54, 1.807) is 63.2 Å². The highest BCUT2D eigenvalue weighted by Crippen LogP contribution is 2.33. The fraction of sp³-hybridized carbons (Fsp3) is 0.276. The standard InChI is InChI=1S/C29H31BrN2O7S2/c1-19-6-11-22(12-7-19)40(34,35)32-17-25(24-15-10-21(30)16-27(24)32)26(31-28(33)39-29(3,4)5)18-38-41(36,37)23-13-8-20(2)9-14-23/h6-17,26H,18H2,1-5H3,(H,31,33)/t26-/m0/s1.